The van der Waals surface area contributed by atoms with Crippen molar-refractivity contribution < 1.29 is 13.2 Å². The van der Waals surface area contributed by atoms with Gasteiger partial charge in [0.15, 0.2) is 9.84 Å². The van der Waals surface area contributed by atoms with E-state index in [0.717, 1.165) is 32.2 Å². The molecule has 0 bridgehead atoms. The van der Waals surface area contributed by atoms with E-state index in [1.54, 1.807) is 0 Å². The van der Waals surface area contributed by atoms with Crippen LogP contribution in [-0.4, -0.2) is 43.3 Å². The Morgan fingerprint density at radius 3 is 2.59 bits per heavy atom. The standard InChI is InChI=1S/C17H23NO3S/c19-17(15-9-11-22(20,21)13-15)18-10-5-4-8-16(18)12-14-6-2-1-3-7-14/h1-3,6-7,15-16H,4-5,8-13H2/t15-,16-/m0/s1. The van der Waals surface area contributed by atoms with Gasteiger partial charge in [0.25, 0.3) is 0 Å². The molecule has 0 radical (unpaired) electrons. The van der Waals surface area contributed by atoms with Crippen molar-refractivity contribution in [1.29, 1.82) is 0 Å². The van der Waals surface area contributed by atoms with Crippen molar-refractivity contribution in [2.75, 3.05) is 18.1 Å². The van der Waals surface area contributed by atoms with Crippen LogP contribution in [0, 0.1) is 5.92 Å². The van der Waals surface area contributed by atoms with Gasteiger partial charge in [-0.05, 0) is 37.7 Å². The number of nitrogens with zero attached hydrogens (tertiary/aromatic N) is 1. The highest BCUT2D eigenvalue weighted by molar-refractivity contribution is 7.91. The van der Waals surface area contributed by atoms with Crippen LogP contribution in [0.2, 0.25) is 0 Å². The Hall–Kier alpha value is -1.36. The Morgan fingerprint density at radius 1 is 1.14 bits per heavy atom. The van der Waals surface area contributed by atoms with E-state index in [0.29, 0.717) is 6.42 Å². The summed E-state index contributed by atoms with van der Waals surface area (Å²) in [5.41, 5.74) is 1.24. The van der Waals surface area contributed by atoms with E-state index in [1.165, 1.54) is 5.56 Å². The first-order chi connectivity index (χ1) is 10.6. The largest absolute Gasteiger partial charge is 0.339 e. The normalized spacial score (nSPS) is 27.7. The van der Waals surface area contributed by atoms with E-state index in [-0.39, 0.29) is 29.4 Å². The maximum Gasteiger partial charge on any atom is 0.226 e. The minimum atomic E-state index is -3.00. The van der Waals surface area contributed by atoms with E-state index in [1.807, 2.05) is 23.1 Å². The summed E-state index contributed by atoms with van der Waals surface area (Å²) in [5.74, 6) is -0.0517. The minimum Gasteiger partial charge on any atom is -0.339 e. The average Bonchev–Trinajstić information content (AvgIpc) is 2.88. The van der Waals surface area contributed by atoms with Gasteiger partial charge in [-0.15, -0.1) is 0 Å². The lowest BCUT2D eigenvalue weighted by Crippen LogP contribution is -2.47. The molecule has 1 aromatic carbocycles. The van der Waals surface area contributed by atoms with Gasteiger partial charge in [-0.1, -0.05) is 30.3 Å². The summed E-state index contributed by atoms with van der Waals surface area (Å²) in [4.78, 5) is 14.7. The fourth-order valence-corrected chi connectivity index (χ4v) is 5.35. The second-order valence-electron chi connectivity index (χ2n) is 6.47. The number of benzene rings is 1. The Labute approximate surface area is 132 Å². The van der Waals surface area contributed by atoms with Gasteiger partial charge < -0.3 is 4.90 Å². The Morgan fingerprint density at radius 2 is 1.91 bits per heavy atom. The Kier molecular flexibility index (Phi) is 4.52. The third kappa shape index (κ3) is 3.51. The molecule has 0 saturated carbocycles. The molecule has 2 aliphatic rings. The van der Waals surface area contributed by atoms with Gasteiger partial charge in [0, 0.05) is 12.6 Å². The van der Waals surface area contributed by atoms with E-state index in [9.17, 15) is 13.2 Å². The molecule has 2 fully saturated rings. The molecule has 5 heteroatoms. The monoisotopic (exact) mass is 321 g/mol. The molecular weight excluding hydrogens is 298 g/mol. The molecule has 4 nitrogen and oxygen atoms in total. The number of hydrogen-bond donors (Lipinski definition) is 0. The Bertz CT molecular complexity index is 627. The number of rotatable bonds is 3. The van der Waals surface area contributed by atoms with Crippen LogP contribution in [0.3, 0.4) is 0 Å². The second kappa shape index (κ2) is 6.41. The number of carbonyl (C=O) groups excluding carboxylic acids is 1. The van der Waals surface area contributed by atoms with Crippen molar-refractivity contribution in [2.45, 2.75) is 38.1 Å². The first-order valence-electron chi connectivity index (χ1n) is 8.10. The van der Waals surface area contributed by atoms with Gasteiger partial charge in [-0.3, -0.25) is 4.79 Å². The minimum absolute atomic E-state index is 0.0421. The van der Waals surface area contributed by atoms with Crippen molar-refractivity contribution >= 4 is 15.7 Å². The van der Waals surface area contributed by atoms with Gasteiger partial charge in [0.05, 0.1) is 17.4 Å². The topological polar surface area (TPSA) is 54.5 Å². The zero-order chi connectivity index (χ0) is 15.6. The SMILES string of the molecule is O=C([C@H]1CCS(=O)(=O)C1)N1CCCC[C@H]1Cc1ccccc1. The molecule has 2 saturated heterocycles. The molecule has 0 spiro atoms. The van der Waals surface area contributed by atoms with Gasteiger partial charge in [0.1, 0.15) is 0 Å². The maximum atomic E-state index is 12.8. The summed E-state index contributed by atoms with van der Waals surface area (Å²) in [7, 11) is -3.00. The van der Waals surface area contributed by atoms with Crippen LogP contribution in [0.5, 0.6) is 0 Å². The summed E-state index contributed by atoms with van der Waals surface area (Å²) in [6.45, 7) is 0.771. The first kappa shape index (κ1) is 15.5. The van der Waals surface area contributed by atoms with Crippen molar-refractivity contribution in [3.63, 3.8) is 0 Å². The molecule has 2 aliphatic heterocycles. The smallest absolute Gasteiger partial charge is 0.226 e. The predicted octanol–water partition coefficient (Wildman–Crippen LogP) is 2.04. The maximum absolute atomic E-state index is 12.8. The number of amides is 1. The van der Waals surface area contributed by atoms with Gasteiger partial charge >= 0.3 is 0 Å². The zero-order valence-electron chi connectivity index (χ0n) is 12.8. The molecular formula is C17H23NO3S. The second-order valence-corrected chi connectivity index (χ2v) is 8.70. The van der Waals surface area contributed by atoms with Crippen LogP contribution in [0.4, 0.5) is 0 Å². The predicted molar refractivity (Wildman–Crippen MR) is 86.3 cm³/mol. The molecule has 0 aliphatic carbocycles. The molecule has 0 N–H and O–H groups in total. The third-order valence-corrected chi connectivity index (χ3v) is 6.57. The van der Waals surface area contributed by atoms with Gasteiger partial charge in [0.2, 0.25) is 5.91 Å². The van der Waals surface area contributed by atoms with E-state index in [4.69, 9.17) is 0 Å². The number of sulfone groups is 1. The fourth-order valence-electron chi connectivity index (χ4n) is 3.61. The number of likely N-dealkylation sites (tertiary alicyclic amines) is 1. The number of hydrogen-bond acceptors (Lipinski definition) is 3. The van der Waals surface area contributed by atoms with Crippen LogP contribution in [0.15, 0.2) is 30.3 Å². The summed E-state index contributed by atoms with van der Waals surface area (Å²) in [6.07, 6.45) is 4.54. The van der Waals surface area contributed by atoms with Crippen molar-refractivity contribution in [1.82, 2.24) is 4.90 Å². The lowest BCUT2D eigenvalue weighted by Gasteiger charge is -2.37. The highest BCUT2D eigenvalue weighted by Gasteiger charge is 2.38. The van der Waals surface area contributed by atoms with E-state index >= 15 is 0 Å². The highest BCUT2D eigenvalue weighted by Crippen LogP contribution is 2.27. The summed E-state index contributed by atoms with van der Waals surface area (Å²) in [6, 6.07) is 10.4. The number of piperidine rings is 1. The summed E-state index contributed by atoms with van der Waals surface area (Å²) >= 11 is 0. The van der Waals surface area contributed by atoms with Crippen LogP contribution < -0.4 is 0 Å². The molecule has 0 unspecified atom stereocenters. The van der Waals surface area contributed by atoms with Crippen LogP contribution >= 0.6 is 0 Å². The Balaban J connectivity index is 1.71. The summed E-state index contributed by atoms with van der Waals surface area (Å²) < 4.78 is 23.3. The lowest BCUT2D eigenvalue weighted by atomic mass is 9.94. The van der Waals surface area contributed by atoms with E-state index in [2.05, 4.69) is 12.1 Å². The lowest BCUT2D eigenvalue weighted by molar-refractivity contribution is -0.138. The molecule has 1 amide bonds. The molecule has 0 aromatic heterocycles. The highest BCUT2D eigenvalue weighted by atomic mass is 32.2. The van der Waals surface area contributed by atoms with Gasteiger partial charge in [-0.2, -0.15) is 0 Å². The number of carbonyl (C=O) groups is 1. The molecule has 2 atom stereocenters. The molecule has 120 valence electrons. The average molecular weight is 321 g/mol. The molecule has 3 rings (SSSR count). The fraction of sp³-hybridized carbons (Fsp3) is 0.588. The van der Waals surface area contributed by atoms with Crippen LogP contribution in [0.25, 0.3) is 0 Å². The van der Waals surface area contributed by atoms with Crippen molar-refractivity contribution in [2.24, 2.45) is 5.92 Å². The van der Waals surface area contributed by atoms with Gasteiger partial charge in [-0.25, -0.2) is 8.42 Å². The van der Waals surface area contributed by atoms with Crippen LogP contribution in [-0.2, 0) is 21.1 Å². The van der Waals surface area contributed by atoms with Crippen molar-refractivity contribution in [3.05, 3.63) is 35.9 Å². The zero-order valence-corrected chi connectivity index (χ0v) is 13.6. The van der Waals surface area contributed by atoms with Crippen molar-refractivity contribution in [3.8, 4) is 0 Å². The van der Waals surface area contributed by atoms with Crippen LogP contribution in [0.1, 0.15) is 31.2 Å². The summed E-state index contributed by atoms with van der Waals surface area (Å²) in [5, 5.41) is 0. The third-order valence-electron chi connectivity index (χ3n) is 4.81. The molecule has 22 heavy (non-hydrogen) atoms. The molecule has 1 aromatic rings. The molecule has 2 heterocycles. The van der Waals surface area contributed by atoms with E-state index < -0.39 is 9.84 Å². The first-order valence-corrected chi connectivity index (χ1v) is 9.92. The quantitative estimate of drug-likeness (QED) is 0.856.